The first-order chi connectivity index (χ1) is 11.8. The predicted octanol–water partition coefficient (Wildman–Crippen LogP) is 3.51. The molecule has 24 heavy (non-hydrogen) atoms. The van der Waals surface area contributed by atoms with Crippen molar-refractivity contribution in [2.45, 2.75) is 32.2 Å². The van der Waals surface area contributed by atoms with Gasteiger partial charge in [-0.1, -0.05) is 5.18 Å². The van der Waals surface area contributed by atoms with Gasteiger partial charge in [0.05, 0.1) is 22.0 Å². The van der Waals surface area contributed by atoms with E-state index in [-0.39, 0.29) is 0 Å². The molecule has 0 saturated heterocycles. The molecule has 4 rings (SSSR count). The molecule has 0 amide bonds. The first-order valence-corrected chi connectivity index (χ1v) is 8.52. The SMILES string of the molecule is Cc1nc(-c2cccnc2)sc1-c1nnc2c(n1)C(N=O)CCC2. The minimum Gasteiger partial charge on any atom is -0.264 e. The first-order valence-electron chi connectivity index (χ1n) is 7.70. The number of pyridine rings is 1. The van der Waals surface area contributed by atoms with Gasteiger partial charge in [0.1, 0.15) is 11.0 Å². The van der Waals surface area contributed by atoms with E-state index in [1.165, 1.54) is 11.3 Å². The summed E-state index contributed by atoms with van der Waals surface area (Å²) >= 11 is 1.50. The Morgan fingerprint density at radius 1 is 1.29 bits per heavy atom. The van der Waals surface area contributed by atoms with Crippen LogP contribution in [0.3, 0.4) is 0 Å². The molecule has 1 aliphatic rings. The summed E-state index contributed by atoms with van der Waals surface area (Å²) in [6.45, 7) is 1.92. The van der Waals surface area contributed by atoms with Gasteiger partial charge in [0, 0.05) is 18.0 Å². The molecule has 0 aliphatic heterocycles. The highest BCUT2D eigenvalue weighted by atomic mass is 32.1. The van der Waals surface area contributed by atoms with Crippen LogP contribution >= 0.6 is 11.3 Å². The summed E-state index contributed by atoms with van der Waals surface area (Å²) in [4.78, 5) is 25.2. The van der Waals surface area contributed by atoms with Crippen molar-refractivity contribution in [1.82, 2.24) is 25.1 Å². The standard InChI is InChI=1S/C16H14N6OS/c1-9-14(24-16(18-9)10-4-3-7-17-8-10)15-19-13-11(20-21-15)5-2-6-12(13)22-23/h3-4,7-8,12H,2,5-6H2,1H3. The Bertz CT molecular complexity index is 895. The Labute approximate surface area is 142 Å². The van der Waals surface area contributed by atoms with Gasteiger partial charge in [-0.3, -0.25) is 4.98 Å². The molecule has 0 spiro atoms. The highest BCUT2D eigenvalue weighted by molar-refractivity contribution is 7.18. The Hall–Kier alpha value is -2.61. The van der Waals surface area contributed by atoms with Gasteiger partial charge in [-0.15, -0.1) is 16.4 Å². The van der Waals surface area contributed by atoms with Crippen LogP contribution in [0.1, 0.15) is 36.0 Å². The molecule has 0 saturated carbocycles. The molecule has 0 radical (unpaired) electrons. The van der Waals surface area contributed by atoms with Crippen molar-refractivity contribution in [3.63, 3.8) is 0 Å². The lowest BCUT2D eigenvalue weighted by Gasteiger charge is -2.17. The molecule has 0 bridgehead atoms. The third-order valence-electron chi connectivity index (χ3n) is 4.03. The molecule has 1 atom stereocenters. The first kappa shape index (κ1) is 14.9. The second kappa shape index (κ2) is 6.12. The van der Waals surface area contributed by atoms with E-state index in [0.29, 0.717) is 11.5 Å². The highest BCUT2D eigenvalue weighted by Gasteiger charge is 2.26. The number of aryl methyl sites for hydroxylation is 2. The fourth-order valence-corrected chi connectivity index (χ4v) is 3.81. The van der Waals surface area contributed by atoms with Crippen LogP contribution in [-0.4, -0.2) is 25.1 Å². The lowest BCUT2D eigenvalue weighted by Crippen LogP contribution is -2.14. The average molecular weight is 338 g/mol. The van der Waals surface area contributed by atoms with Gasteiger partial charge in [0.15, 0.2) is 5.82 Å². The second-order valence-corrected chi connectivity index (χ2v) is 6.66. The molecule has 3 aromatic heterocycles. The Balaban J connectivity index is 1.77. The molecule has 0 aromatic carbocycles. The molecule has 0 fully saturated rings. The number of aromatic nitrogens is 5. The number of nitrogens with zero attached hydrogens (tertiary/aromatic N) is 6. The van der Waals surface area contributed by atoms with Gasteiger partial charge in [0.2, 0.25) is 0 Å². The number of nitroso groups, excluding NO2 is 1. The van der Waals surface area contributed by atoms with Gasteiger partial charge in [0.25, 0.3) is 0 Å². The van der Waals surface area contributed by atoms with E-state index >= 15 is 0 Å². The molecule has 8 heteroatoms. The van der Waals surface area contributed by atoms with E-state index in [4.69, 9.17) is 0 Å². The molecule has 0 N–H and O–H groups in total. The second-order valence-electron chi connectivity index (χ2n) is 5.66. The summed E-state index contributed by atoms with van der Waals surface area (Å²) in [6.07, 6.45) is 5.92. The molecule has 1 unspecified atom stereocenters. The number of thiazole rings is 1. The van der Waals surface area contributed by atoms with Crippen molar-refractivity contribution in [1.29, 1.82) is 0 Å². The molecular formula is C16H14N6OS. The number of hydrogen-bond acceptors (Lipinski definition) is 8. The topological polar surface area (TPSA) is 93.9 Å². The largest absolute Gasteiger partial charge is 0.264 e. The maximum Gasteiger partial charge on any atom is 0.194 e. The minimum atomic E-state index is -0.422. The Kier molecular flexibility index (Phi) is 3.81. The summed E-state index contributed by atoms with van der Waals surface area (Å²) in [5.74, 6) is 0.509. The van der Waals surface area contributed by atoms with Crippen LogP contribution in [0.4, 0.5) is 0 Å². The van der Waals surface area contributed by atoms with Crippen molar-refractivity contribution in [3.05, 3.63) is 46.5 Å². The third-order valence-corrected chi connectivity index (χ3v) is 5.23. The van der Waals surface area contributed by atoms with Crippen LogP contribution in [0, 0.1) is 11.8 Å². The van der Waals surface area contributed by atoms with Gasteiger partial charge in [-0.05, 0) is 38.3 Å². The van der Waals surface area contributed by atoms with Gasteiger partial charge in [-0.25, -0.2) is 9.97 Å². The van der Waals surface area contributed by atoms with Crippen LogP contribution in [0.5, 0.6) is 0 Å². The molecule has 3 aromatic rings. The van der Waals surface area contributed by atoms with Gasteiger partial charge in [-0.2, -0.15) is 10.0 Å². The van der Waals surface area contributed by atoms with E-state index in [0.717, 1.165) is 46.1 Å². The molecule has 7 nitrogen and oxygen atoms in total. The number of fused-ring (bicyclic) bond motifs is 1. The van der Waals surface area contributed by atoms with Crippen LogP contribution in [0.2, 0.25) is 0 Å². The highest BCUT2D eigenvalue weighted by Crippen LogP contribution is 2.35. The summed E-state index contributed by atoms with van der Waals surface area (Å²) < 4.78 is 0. The molecule has 3 heterocycles. The molecular weight excluding hydrogens is 324 g/mol. The normalized spacial score (nSPS) is 16.6. The molecule has 120 valence electrons. The number of hydrogen-bond donors (Lipinski definition) is 0. The van der Waals surface area contributed by atoms with Crippen molar-refractivity contribution in [2.24, 2.45) is 5.18 Å². The number of rotatable bonds is 3. The monoisotopic (exact) mass is 338 g/mol. The zero-order valence-electron chi connectivity index (χ0n) is 13.0. The Morgan fingerprint density at radius 2 is 2.21 bits per heavy atom. The maximum atomic E-state index is 11.1. The summed E-state index contributed by atoms with van der Waals surface area (Å²) in [7, 11) is 0. The predicted molar refractivity (Wildman–Crippen MR) is 90.4 cm³/mol. The smallest absolute Gasteiger partial charge is 0.194 e. The van der Waals surface area contributed by atoms with Crippen molar-refractivity contribution < 1.29 is 0 Å². The van der Waals surface area contributed by atoms with Crippen LogP contribution in [0.25, 0.3) is 21.3 Å². The minimum absolute atomic E-state index is 0.422. The third kappa shape index (κ3) is 2.58. The van der Waals surface area contributed by atoms with E-state index in [2.05, 4.69) is 30.3 Å². The summed E-state index contributed by atoms with van der Waals surface area (Å²) in [5.41, 5.74) is 3.24. The van der Waals surface area contributed by atoms with Crippen molar-refractivity contribution in [2.75, 3.05) is 0 Å². The lowest BCUT2D eigenvalue weighted by atomic mass is 9.96. The van der Waals surface area contributed by atoms with Crippen molar-refractivity contribution in [3.8, 4) is 21.3 Å². The van der Waals surface area contributed by atoms with Crippen LogP contribution in [0.15, 0.2) is 29.7 Å². The zero-order chi connectivity index (χ0) is 16.5. The van der Waals surface area contributed by atoms with Gasteiger partial charge < -0.3 is 0 Å². The van der Waals surface area contributed by atoms with E-state index in [9.17, 15) is 4.91 Å². The quantitative estimate of drug-likeness (QED) is 0.678. The molecule has 1 aliphatic carbocycles. The Morgan fingerprint density at radius 3 is 3.00 bits per heavy atom. The maximum absolute atomic E-state index is 11.1. The van der Waals surface area contributed by atoms with Crippen molar-refractivity contribution >= 4 is 11.3 Å². The van der Waals surface area contributed by atoms with Gasteiger partial charge >= 0.3 is 0 Å². The summed E-state index contributed by atoms with van der Waals surface area (Å²) in [5, 5.41) is 12.6. The van der Waals surface area contributed by atoms with E-state index in [1.54, 1.807) is 12.4 Å². The van der Waals surface area contributed by atoms with E-state index < -0.39 is 6.04 Å². The average Bonchev–Trinajstić information content (AvgIpc) is 3.03. The van der Waals surface area contributed by atoms with E-state index in [1.807, 2.05) is 19.1 Å². The zero-order valence-corrected chi connectivity index (χ0v) is 13.8. The summed E-state index contributed by atoms with van der Waals surface area (Å²) in [6, 6.07) is 3.42. The fourth-order valence-electron chi connectivity index (χ4n) is 2.82. The fraction of sp³-hybridized carbons (Fsp3) is 0.312. The van der Waals surface area contributed by atoms with Crippen LogP contribution < -0.4 is 0 Å². The lowest BCUT2D eigenvalue weighted by molar-refractivity contribution is 0.535. The van der Waals surface area contributed by atoms with Crippen LogP contribution in [-0.2, 0) is 6.42 Å².